The number of benzene rings is 2. The first-order chi connectivity index (χ1) is 17.5. The van der Waals surface area contributed by atoms with Crippen molar-refractivity contribution in [1.29, 1.82) is 0 Å². The summed E-state index contributed by atoms with van der Waals surface area (Å²) in [5.74, 6) is 1.44. The van der Waals surface area contributed by atoms with Crippen LogP contribution in [0.1, 0.15) is 22.3 Å². The Kier molecular flexibility index (Phi) is 9.69. The second kappa shape index (κ2) is 13.1. The van der Waals surface area contributed by atoms with Crippen molar-refractivity contribution in [3.8, 4) is 0 Å². The van der Waals surface area contributed by atoms with Crippen LogP contribution in [-0.2, 0) is 10.5 Å². The molecule has 1 fully saturated rings. The number of methoxy groups -OCH3 is 1. The molecule has 1 N–H and O–H groups in total. The zero-order valence-corrected chi connectivity index (χ0v) is 22.5. The fourth-order valence-corrected chi connectivity index (χ4v) is 5.12. The highest BCUT2D eigenvalue weighted by atomic mass is 35.5. The van der Waals surface area contributed by atoms with Gasteiger partial charge in [-0.05, 0) is 42.3 Å². The van der Waals surface area contributed by atoms with Crippen molar-refractivity contribution in [1.82, 2.24) is 15.3 Å². The second-order valence-corrected chi connectivity index (χ2v) is 10.1. The fourth-order valence-electron chi connectivity index (χ4n) is 3.90. The Bertz CT molecular complexity index is 1160. The zero-order valence-electron chi connectivity index (χ0n) is 20.1. The smallest absolute Gasteiger partial charge is 0.251 e. The minimum atomic E-state index is -0.0800. The number of hydrogen-bond donors (Lipinski definition) is 1. The predicted molar refractivity (Wildman–Crippen MR) is 148 cm³/mol. The van der Waals surface area contributed by atoms with Crippen molar-refractivity contribution < 1.29 is 9.53 Å². The highest BCUT2D eigenvalue weighted by molar-refractivity contribution is 7.98. The highest BCUT2D eigenvalue weighted by Crippen LogP contribution is 2.27. The van der Waals surface area contributed by atoms with Crippen LogP contribution in [0.25, 0.3) is 0 Å². The minimum absolute atomic E-state index is 0.0800. The SMILES string of the molecule is COCCCNC(=O)c1ccc(CSc2nc(Cl)cc(N3CCN(c4cccc(Cl)c4)CC3)n2)cc1. The van der Waals surface area contributed by atoms with Crippen LogP contribution in [0.2, 0.25) is 10.2 Å². The molecule has 7 nitrogen and oxygen atoms in total. The molecule has 10 heteroatoms. The van der Waals surface area contributed by atoms with Gasteiger partial charge in [-0.15, -0.1) is 0 Å². The molecular weight excluding hydrogens is 517 g/mol. The molecule has 0 bridgehead atoms. The summed E-state index contributed by atoms with van der Waals surface area (Å²) in [5.41, 5.74) is 2.85. The molecule has 1 aromatic heterocycles. The Balaban J connectivity index is 1.31. The number of carbonyl (C=O) groups is 1. The lowest BCUT2D eigenvalue weighted by molar-refractivity contribution is 0.0948. The van der Waals surface area contributed by atoms with Crippen LogP contribution in [-0.4, -0.2) is 62.3 Å². The van der Waals surface area contributed by atoms with Gasteiger partial charge in [-0.1, -0.05) is 53.2 Å². The minimum Gasteiger partial charge on any atom is -0.385 e. The molecule has 0 unspecified atom stereocenters. The number of halogens is 2. The Morgan fingerprint density at radius 2 is 1.78 bits per heavy atom. The van der Waals surface area contributed by atoms with Crippen molar-refractivity contribution in [3.63, 3.8) is 0 Å². The summed E-state index contributed by atoms with van der Waals surface area (Å²) in [4.78, 5) is 26.0. The first-order valence-electron chi connectivity index (χ1n) is 11.8. The zero-order chi connectivity index (χ0) is 25.3. The van der Waals surface area contributed by atoms with E-state index in [0.29, 0.717) is 34.8 Å². The van der Waals surface area contributed by atoms with Gasteiger partial charge in [-0.25, -0.2) is 9.97 Å². The van der Waals surface area contributed by atoms with Gasteiger partial charge in [0.05, 0.1) is 0 Å². The standard InChI is InChI=1S/C26H29Cl2N5O2S/c1-35-15-3-10-29-25(34)20-8-6-19(7-9-20)18-36-26-30-23(28)17-24(31-26)33-13-11-32(12-14-33)22-5-2-4-21(27)16-22/h2,4-9,16-17H,3,10-15,18H2,1H3,(H,29,34). The highest BCUT2D eigenvalue weighted by Gasteiger charge is 2.20. The number of nitrogens with one attached hydrogen (secondary N) is 1. The molecule has 4 rings (SSSR count). The molecule has 1 aliphatic rings. The van der Waals surface area contributed by atoms with E-state index < -0.39 is 0 Å². The third-order valence-corrected chi connectivity index (χ3v) is 7.18. The van der Waals surface area contributed by atoms with E-state index in [1.807, 2.05) is 48.5 Å². The summed E-state index contributed by atoms with van der Waals surface area (Å²) in [7, 11) is 1.65. The third kappa shape index (κ3) is 7.49. The monoisotopic (exact) mass is 545 g/mol. The molecular formula is C26H29Cl2N5O2S. The predicted octanol–water partition coefficient (Wildman–Crippen LogP) is 5.17. The van der Waals surface area contributed by atoms with Crippen LogP contribution in [0.5, 0.6) is 0 Å². The van der Waals surface area contributed by atoms with E-state index in [1.165, 1.54) is 11.8 Å². The second-order valence-electron chi connectivity index (χ2n) is 8.37. The number of rotatable bonds is 10. The van der Waals surface area contributed by atoms with E-state index in [-0.39, 0.29) is 5.91 Å². The van der Waals surface area contributed by atoms with Crippen molar-refractivity contribution in [3.05, 3.63) is 75.9 Å². The number of amides is 1. The largest absolute Gasteiger partial charge is 0.385 e. The molecule has 0 saturated carbocycles. The number of thioether (sulfide) groups is 1. The van der Waals surface area contributed by atoms with Crippen molar-refractivity contribution in [2.75, 3.05) is 56.2 Å². The molecule has 1 aliphatic heterocycles. The maximum atomic E-state index is 12.2. The van der Waals surface area contributed by atoms with E-state index in [2.05, 4.69) is 26.2 Å². The van der Waals surface area contributed by atoms with Gasteiger partial charge >= 0.3 is 0 Å². The van der Waals surface area contributed by atoms with Gasteiger partial charge in [-0.2, -0.15) is 0 Å². The number of ether oxygens (including phenoxy) is 1. The Labute approximate surface area is 226 Å². The number of piperazine rings is 1. The maximum Gasteiger partial charge on any atom is 0.251 e. The first-order valence-corrected chi connectivity index (χ1v) is 13.5. The van der Waals surface area contributed by atoms with Gasteiger partial charge in [0.25, 0.3) is 5.91 Å². The Morgan fingerprint density at radius 1 is 1.03 bits per heavy atom. The van der Waals surface area contributed by atoms with Crippen molar-refractivity contribution in [2.45, 2.75) is 17.3 Å². The molecule has 2 aromatic carbocycles. The average molecular weight is 547 g/mol. The number of aromatic nitrogens is 2. The number of nitrogens with zero attached hydrogens (tertiary/aromatic N) is 4. The van der Waals surface area contributed by atoms with Crippen molar-refractivity contribution >= 4 is 52.4 Å². The summed E-state index contributed by atoms with van der Waals surface area (Å²) >= 11 is 14.0. The van der Waals surface area contributed by atoms with E-state index in [4.69, 9.17) is 32.9 Å². The lowest BCUT2D eigenvalue weighted by Gasteiger charge is -2.36. The van der Waals surface area contributed by atoms with Crippen LogP contribution in [0.15, 0.2) is 59.8 Å². The molecule has 1 saturated heterocycles. The van der Waals surface area contributed by atoms with E-state index in [1.54, 1.807) is 7.11 Å². The van der Waals surface area contributed by atoms with Gasteiger partial charge in [0.1, 0.15) is 11.0 Å². The lowest BCUT2D eigenvalue weighted by Crippen LogP contribution is -2.46. The van der Waals surface area contributed by atoms with Crippen LogP contribution in [0.4, 0.5) is 11.5 Å². The molecule has 0 aliphatic carbocycles. The average Bonchev–Trinajstić information content (AvgIpc) is 2.90. The van der Waals surface area contributed by atoms with Gasteiger partial charge < -0.3 is 19.9 Å². The first kappa shape index (κ1) is 26.5. The number of hydrogen-bond acceptors (Lipinski definition) is 7. The molecule has 2 heterocycles. The molecule has 0 radical (unpaired) electrons. The topological polar surface area (TPSA) is 70.6 Å². The number of carbonyl (C=O) groups excluding carboxylic acids is 1. The quantitative estimate of drug-likeness (QED) is 0.163. The van der Waals surface area contributed by atoms with Gasteiger partial charge in [0.2, 0.25) is 0 Å². The van der Waals surface area contributed by atoms with Crippen molar-refractivity contribution in [2.24, 2.45) is 0 Å². The normalized spacial score (nSPS) is 13.6. The summed E-state index contributed by atoms with van der Waals surface area (Å²) in [6, 6.07) is 17.4. The van der Waals surface area contributed by atoms with E-state index in [9.17, 15) is 4.79 Å². The summed E-state index contributed by atoms with van der Waals surface area (Å²) in [5, 5.41) is 4.71. The van der Waals surface area contributed by atoms with E-state index in [0.717, 1.165) is 54.7 Å². The summed E-state index contributed by atoms with van der Waals surface area (Å²) in [6.07, 6.45) is 0.788. The Hall–Kier alpha value is -2.52. The van der Waals surface area contributed by atoms with E-state index >= 15 is 0 Å². The van der Waals surface area contributed by atoms with Crippen LogP contribution in [0.3, 0.4) is 0 Å². The van der Waals surface area contributed by atoms with Gasteiger partial charge in [0.15, 0.2) is 5.16 Å². The molecule has 190 valence electrons. The van der Waals surface area contributed by atoms with Gasteiger partial charge in [-0.3, -0.25) is 4.79 Å². The molecule has 1 amide bonds. The van der Waals surface area contributed by atoms with Crippen LogP contribution < -0.4 is 15.1 Å². The van der Waals surface area contributed by atoms with Crippen LogP contribution >= 0.6 is 35.0 Å². The third-order valence-electron chi connectivity index (χ3n) is 5.83. The maximum absolute atomic E-state index is 12.2. The molecule has 36 heavy (non-hydrogen) atoms. The summed E-state index contributed by atoms with van der Waals surface area (Å²) < 4.78 is 5.00. The van der Waals surface area contributed by atoms with Gasteiger partial charge in [0, 0.05) is 74.5 Å². The number of anilines is 2. The Morgan fingerprint density at radius 3 is 2.50 bits per heavy atom. The van der Waals surface area contributed by atoms with Crippen LogP contribution in [0, 0.1) is 0 Å². The molecule has 0 atom stereocenters. The fraction of sp³-hybridized carbons (Fsp3) is 0.346. The lowest BCUT2D eigenvalue weighted by atomic mass is 10.1. The molecule has 3 aromatic rings. The summed E-state index contributed by atoms with van der Waals surface area (Å²) in [6.45, 7) is 4.63. The molecule has 0 spiro atoms.